The Morgan fingerprint density at radius 1 is 1.36 bits per heavy atom. The summed E-state index contributed by atoms with van der Waals surface area (Å²) in [5.41, 5.74) is 1.73. The van der Waals surface area contributed by atoms with E-state index in [1.165, 1.54) is 15.6 Å². The zero-order chi connectivity index (χ0) is 18.0. The molecule has 1 aliphatic rings. The topological polar surface area (TPSA) is 79.4 Å². The molecule has 6 nitrogen and oxygen atoms in total. The van der Waals surface area contributed by atoms with E-state index < -0.39 is 10.0 Å². The minimum atomic E-state index is -3.21. The van der Waals surface area contributed by atoms with Crippen molar-refractivity contribution in [2.75, 3.05) is 17.6 Å². The van der Waals surface area contributed by atoms with Gasteiger partial charge >= 0.3 is 0 Å². The lowest BCUT2D eigenvalue weighted by Crippen LogP contribution is -2.36. The van der Waals surface area contributed by atoms with Crippen LogP contribution in [0.1, 0.15) is 23.1 Å². The summed E-state index contributed by atoms with van der Waals surface area (Å²) in [7, 11) is -3.21. The van der Waals surface area contributed by atoms with Gasteiger partial charge in [-0.3, -0.25) is 4.79 Å². The number of sulfonamides is 1. The average Bonchev–Trinajstić information content (AvgIpc) is 2.98. The molecule has 2 heterocycles. The number of nitrogens with zero attached hydrogens (tertiary/aromatic N) is 2. The highest BCUT2D eigenvalue weighted by Crippen LogP contribution is 2.29. The third kappa shape index (κ3) is 4.38. The SMILES string of the molecule is CCS(=O)(=O)N1CCc2nc(NC(=O)Cc3ccc(Cl)cc3)sc2C1. The summed E-state index contributed by atoms with van der Waals surface area (Å²) >= 11 is 7.17. The molecule has 1 aromatic heterocycles. The van der Waals surface area contributed by atoms with Gasteiger partial charge in [-0.15, -0.1) is 11.3 Å². The number of fused-ring (bicyclic) bond motifs is 1. The third-order valence-electron chi connectivity index (χ3n) is 3.98. The van der Waals surface area contributed by atoms with Crippen LogP contribution in [0.15, 0.2) is 24.3 Å². The molecule has 0 bridgehead atoms. The van der Waals surface area contributed by atoms with Crippen molar-refractivity contribution in [3.63, 3.8) is 0 Å². The Bertz CT molecular complexity index is 879. The first-order chi connectivity index (χ1) is 11.9. The number of hydrogen-bond donors (Lipinski definition) is 1. The van der Waals surface area contributed by atoms with Gasteiger partial charge in [0.15, 0.2) is 5.13 Å². The lowest BCUT2D eigenvalue weighted by Gasteiger charge is -2.24. The van der Waals surface area contributed by atoms with Crippen LogP contribution in [0.3, 0.4) is 0 Å². The highest BCUT2D eigenvalue weighted by molar-refractivity contribution is 7.89. The number of amides is 1. The highest BCUT2D eigenvalue weighted by Gasteiger charge is 2.28. The Kier molecular flexibility index (Phi) is 5.43. The first-order valence-corrected chi connectivity index (χ1v) is 10.7. The number of thiazole rings is 1. The summed E-state index contributed by atoms with van der Waals surface area (Å²) in [4.78, 5) is 17.5. The average molecular weight is 400 g/mol. The van der Waals surface area contributed by atoms with Crippen LogP contribution in [0.5, 0.6) is 0 Å². The molecule has 0 aliphatic carbocycles. The molecule has 134 valence electrons. The molecule has 3 rings (SSSR count). The molecule has 2 aromatic rings. The van der Waals surface area contributed by atoms with Crippen molar-refractivity contribution in [1.82, 2.24) is 9.29 Å². The lowest BCUT2D eigenvalue weighted by molar-refractivity contribution is -0.115. The Morgan fingerprint density at radius 2 is 2.08 bits per heavy atom. The van der Waals surface area contributed by atoms with Crippen LogP contribution in [0.25, 0.3) is 0 Å². The second-order valence-electron chi connectivity index (χ2n) is 5.72. The molecule has 1 aliphatic heterocycles. The van der Waals surface area contributed by atoms with E-state index >= 15 is 0 Å². The van der Waals surface area contributed by atoms with Crippen molar-refractivity contribution >= 4 is 44.0 Å². The summed E-state index contributed by atoms with van der Waals surface area (Å²) in [5, 5.41) is 3.94. The second kappa shape index (κ2) is 7.41. The monoisotopic (exact) mass is 399 g/mol. The van der Waals surface area contributed by atoms with E-state index in [1.807, 2.05) is 12.1 Å². The minimum absolute atomic E-state index is 0.0891. The molecular formula is C16H18ClN3O3S2. The highest BCUT2D eigenvalue weighted by atomic mass is 35.5. The molecule has 0 radical (unpaired) electrons. The van der Waals surface area contributed by atoms with Gasteiger partial charge in [0.2, 0.25) is 15.9 Å². The molecule has 0 saturated heterocycles. The van der Waals surface area contributed by atoms with Crippen LogP contribution in [0, 0.1) is 0 Å². The van der Waals surface area contributed by atoms with Crippen LogP contribution in [0.4, 0.5) is 5.13 Å². The van der Waals surface area contributed by atoms with Crippen LogP contribution in [-0.2, 0) is 34.2 Å². The Morgan fingerprint density at radius 3 is 2.76 bits per heavy atom. The number of halogens is 1. The van der Waals surface area contributed by atoms with Gasteiger partial charge in [-0.25, -0.2) is 13.4 Å². The zero-order valence-electron chi connectivity index (χ0n) is 13.7. The van der Waals surface area contributed by atoms with E-state index in [9.17, 15) is 13.2 Å². The van der Waals surface area contributed by atoms with Gasteiger partial charge in [0.1, 0.15) is 0 Å². The number of benzene rings is 1. The summed E-state index contributed by atoms with van der Waals surface area (Å²) in [5.74, 6) is -0.0716. The van der Waals surface area contributed by atoms with Gasteiger partial charge in [0.25, 0.3) is 0 Å². The summed E-state index contributed by atoms with van der Waals surface area (Å²) in [6, 6.07) is 7.11. The largest absolute Gasteiger partial charge is 0.302 e. The van der Waals surface area contributed by atoms with Crippen LogP contribution in [0.2, 0.25) is 5.02 Å². The molecule has 0 atom stereocenters. The van der Waals surface area contributed by atoms with Crippen molar-refractivity contribution in [3.05, 3.63) is 45.4 Å². The van der Waals surface area contributed by atoms with Gasteiger partial charge in [-0.2, -0.15) is 4.31 Å². The molecular weight excluding hydrogens is 382 g/mol. The number of carbonyl (C=O) groups excluding carboxylic acids is 1. The number of hydrogen-bond acceptors (Lipinski definition) is 5. The fourth-order valence-corrected chi connectivity index (χ4v) is 4.90. The van der Waals surface area contributed by atoms with Crippen molar-refractivity contribution in [2.45, 2.75) is 26.3 Å². The maximum atomic E-state index is 12.2. The summed E-state index contributed by atoms with van der Waals surface area (Å²) < 4.78 is 25.5. The van der Waals surface area contributed by atoms with Crippen molar-refractivity contribution < 1.29 is 13.2 Å². The quantitative estimate of drug-likeness (QED) is 0.838. The number of carbonyl (C=O) groups is 1. The van der Waals surface area contributed by atoms with Crippen LogP contribution in [-0.4, -0.2) is 35.9 Å². The molecule has 1 amide bonds. The predicted octanol–water partition coefficient (Wildman–Crippen LogP) is 2.69. The number of rotatable bonds is 5. The number of anilines is 1. The predicted molar refractivity (Wildman–Crippen MR) is 99.5 cm³/mol. The first-order valence-electron chi connectivity index (χ1n) is 7.88. The smallest absolute Gasteiger partial charge is 0.230 e. The molecule has 9 heteroatoms. The summed E-state index contributed by atoms with van der Waals surface area (Å²) in [6.45, 7) is 2.40. The molecule has 25 heavy (non-hydrogen) atoms. The standard InChI is InChI=1S/C16H18ClN3O3S2/c1-2-25(22,23)20-8-7-13-14(10-20)24-16(18-13)19-15(21)9-11-3-5-12(17)6-4-11/h3-6H,2,7-10H2,1H3,(H,18,19,21). The van der Waals surface area contributed by atoms with Gasteiger partial charge in [-0.05, 0) is 24.6 Å². The van der Waals surface area contributed by atoms with E-state index in [0.717, 1.165) is 16.1 Å². The molecule has 0 fully saturated rings. The lowest BCUT2D eigenvalue weighted by atomic mass is 10.1. The zero-order valence-corrected chi connectivity index (χ0v) is 16.0. The van der Waals surface area contributed by atoms with E-state index in [-0.39, 0.29) is 18.1 Å². The molecule has 1 aromatic carbocycles. The third-order valence-corrected chi connectivity index (χ3v) is 7.06. The molecule has 0 spiro atoms. The van der Waals surface area contributed by atoms with E-state index in [4.69, 9.17) is 11.6 Å². The van der Waals surface area contributed by atoms with Crippen molar-refractivity contribution in [1.29, 1.82) is 0 Å². The Hall–Kier alpha value is -1.48. The van der Waals surface area contributed by atoms with Gasteiger partial charge in [-0.1, -0.05) is 23.7 Å². The number of aromatic nitrogens is 1. The van der Waals surface area contributed by atoms with E-state index in [0.29, 0.717) is 29.7 Å². The Labute approximate surface area is 155 Å². The molecule has 0 saturated carbocycles. The van der Waals surface area contributed by atoms with Crippen LogP contribution < -0.4 is 5.32 Å². The first kappa shape index (κ1) is 18.3. The van der Waals surface area contributed by atoms with Gasteiger partial charge in [0, 0.05) is 29.4 Å². The normalized spacial score (nSPS) is 15.0. The van der Waals surface area contributed by atoms with Crippen LogP contribution >= 0.6 is 22.9 Å². The Balaban J connectivity index is 1.65. The van der Waals surface area contributed by atoms with Crippen molar-refractivity contribution in [3.8, 4) is 0 Å². The molecule has 1 N–H and O–H groups in total. The van der Waals surface area contributed by atoms with Gasteiger partial charge < -0.3 is 5.32 Å². The van der Waals surface area contributed by atoms with Crippen molar-refractivity contribution in [2.24, 2.45) is 0 Å². The van der Waals surface area contributed by atoms with Gasteiger partial charge in [0.05, 0.1) is 17.9 Å². The second-order valence-corrected chi connectivity index (χ2v) is 9.50. The minimum Gasteiger partial charge on any atom is -0.302 e. The fraction of sp³-hybridized carbons (Fsp3) is 0.375. The fourth-order valence-electron chi connectivity index (χ4n) is 2.60. The maximum Gasteiger partial charge on any atom is 0.230 e. The van der Waals surface area contributed by atoms with E-state index in [2.05, 4.69) is 10.3 Å². The number of nitrogens with one attached hydrogen (secondary N) is 1. The summed E-state index contributed by atoms with van der Waals surface area (Å²) in [6.07, 6.45) is 0.801. The van der Waals surface area contributed by atoms with E-state index in [1.54, 1.807) is 19.1 Å². The maximum absolute atomic E-state index is 12.2. The molecule has 0 unspecified atom stereocenters.